The SMILES string of the molecule is CC=C1C2C=CCC1(C)c1c(N)cc(=O)[nH]c1C2. The molecule has 3 nitrogen and oxygen atoms in total. The third-order valence-corrected chi connectivity index (χ3v) is 4.37. The number of anilines is 1. The van der Waals surface area contributed by atoms with E-state index in [4.69, 9.17) is 5.73 Å². The summed E-state index contributed by atoms with van der Waals surface area (Å²) in [5, 5.41) is 0. The summed E-state index contributed by atoms with van der Waals surface area (Å²) in [5.74, 6) is 0.402. The summed E-state index contributed by atoms with van der Waals surface area (Å²) in [6.07, 6.45) is 8.50. The molecule has 0 aromatic carbocycles. The number of hydrogen-bond donors (Lipinski definition) is 2. The standard InChI is InChI=1S/C15H18N2O/c1-3-10-9-5-4-6-15(10,2)14-11(16)8-13(18)17-12(14)7-9/h3-5,8-9H,6-7H2,1-2H3,(H3,16,17,18). The molecule has 94 valence electrons. The van der Waals surface area contributed by atoms with Crippen LogP contribution in [-0.2, 0) is 11.8 Å². The Bertz CT molecular complexity index is 624. The summed E-state index contributed by atoms with van der Waals surface area (Å²) in [5.41, 5.74) is 10.1. The van der Waals surface area contributed by atoms with Gasteiger partial charge in [-0.05, 0) is 19.8 Å². The van der Waals surface area contributed by atoms with Gasteiger partial charge >= 0.3 is 0 Å². The predicted molar refractivity (Wildman–Crippen MR) is 73.5 cm³/mol. The average Bonchev–Trinajstić information content (AvgIpc) is 2.26. The van der Waals surface area contributed by atoms with Gasteiger partial charge in [-0.15, -0.1) is 0 Å². The van der Waals surface area contributed by atoms with Crippen molar-refractivity contribution in [3.63, 3.8) is 0 Å². The number of rotatable bonds is 0. The van der Waals surface area contributed by atoms with Gasteiger partial charge < -0.3 is 10.7 Å². The van der Waals surface area contributed by atoms with E-state index in [0.717, 1.165) is 24.1 Å². The summed E-state index contributed by atoms with van der Waals surface area (Å²) in [7, 11) is 0. The molecule has 0 saturated heterocycles. The normalized spacial score (nSPS) is 31.4. The van der Waals surface area contributed by atoms with E-state index >= 15 is 0 Å². The number of allylic oxidation sites excluding steroid dienone is 4. The maximum absolute atomic E-state index is 11.6. The van der Waals surface area contributed by atoms with Crippen LogP contribution in [0, 0.1) is 5.92 Å². The van der Waals surface area contributed by atoms with Crippen LogP contribution in [0.2, 0.25) is 0 Å². The Kier molecular flexibility index (Phi) is 2.27. The van der Waals surface area contributed by atoms with Gasteiger partial charge in [-0.2, -0.15) is 0 Å². The smallest absolute Gasteiger partial charge is 0.250 e. The van der Waals surface area contributed by atoms with Crippen LogP contribution in [0.5, 0.6) is 0 Å². The lowest BCUT2D eigenvalue weighted by molar-refractivity contribution is 0.443. The van der Waals surface area contributed by atoms with Gasteiger partial charge in [0.2, 0.25) is 5.56 Å². The Labute approximate surface area is 106 Å². The summed E-state index contributed by atoms with van der Waals surface area (Å²) in [6.45, 7) is 4.32. The maximum atomic E-state index is 11.6. The first-order valence-electron chi connectivity index (χ1n) is 6.42. The molecule has 2 aliphatic rings. The van der Waals surface area contributed by atoms with Gasteiger partial charge in [0, 0.05) is 34.3 Å². The Hall–Kier alpha value is -1.77. The zero-order chi connectivity index (χ0) is 12.9. The molecule has 1 aromatic heterocycles. The van der Waals surface area contributed by atoms with Gasteiger partial charge in [-0.25, -0.2) is 0 Å². The van der Waals surface area contributed by atoms with Crippen molar-refractivity contribution in [2.45, 2.75) is 32.1 Å². The van der Waals surface area contributed by atoms with E-state index in [1.165, 1.54) is 11.6 Å². The van der Waals surface area contributed by atoms with Crippen LogP contribution in [0.25, 0.3) is 0 Å². The fourth-order valence-electron chi connectivity index (χ4n) is 3.72. The van der Waals surface area contributed by atoms with Crippen molar-refractivity contribution in [2.24, 2.45) is 5.92 Å². The minimum Gasteiger partial charge on any atom is -0.398 e. The van der Waals surface area contributed by atoms with Crippen LogP contribution in [0.1, 0.15) is 31.5 Å². The van der Waals surface area contributed by atoms with E-state index < -0.39 is 0 Å². The molecule has 0 spiro atoms. The number of nitrogens with one attached hydrogen (secondary N) is 1. The first-order valence-corrected chi connectivity index (χ1v) is 6.42. The fourth-order valence-corrected chi connectivity index (χ4v) is 3.72. The Morgan fingerprint density at radius 1 is 1.56 bits per heavy atom. The quantitative estimate of drug-likeness (QED) is 0.686. The first-order chi connectivity index (χ1) is 8.56. The molecule has 2 unspecified atom stereocenters. The minimum atomic E-state index is -0.0965. The van der Waals surface area contributed by atoms with E-state index in [9.17, 15) is 4.79 Å². The lowest BCUT2D eigenvalue weighted by Gasteiger charge is -2.44. The van der Waals surface area contributed by atoms with Crippen LogP contribution < -0.4 is 11.3 Å². The van der Waals surface area contributed by atoms with Gasteiger partial charge in [0.15, 0.2) is 0 Å². The second-order valence-corrected chi connectivity index (χ2v) is 5.46. The molecule has 1 heterocycles. The van der Waals surface area contributed by atoms with E-state index in [0.29, 0.717) is 11.6 Å². The largest absolute Gasteiger partial charge is 0.398 e. The van der Waals surface area contributed by atoms with E-state index in [1.54, 1.807) is 0 Å². The minimum absolute atomic E-state index is 0.0595. The number of pyridine rings is 1. The van der Waals surface area contributed by atoms with Crippen molar-refractivity contribution in [2.75, 3.05) is 5.73 Å². The molecule has 18 heavy (non-hydrogen) atoms. The van der Waals surface area contributed by atoms with E-state index in [-0.39, 0.29) is 11.0 Å². The molecule has 0 amide bonds. The van der Waals surface area contributed by atoms with Gasteiger partial charge in [0.1, 0.15) is 0 Å². The first kappa shape index (κ1) is 11.3. The van der Waals surface area contributed by atoms with E-state index in [1.807, 2.05) is 0 Å². The number of nitrogen functional groups attached to an aromatic ring is 1. The number of aromatic amines is 1. The van der Waals surface area contributed by atoms with Crippen molar-refractivity contribution in [3.05, 3.63) is 51.5 Å². The molecule has 0 saturated carbocycles. The highest BCUT2D eigenvalue weighted by Crippen LogP contribution is 2.50. The number of hydrogen-bond acceptors (Lipinski definition) is 2. The molecular formula is C15H18N2O. The molecule has 3 rings (SSSR count). The molecule has 3 heteroatoms. The summed E-state index contributed by atoms with van der Waals surface area (Å²) >= 11 is 0. The van der Waals surface area contributed by atoms with Gasteiger partial charge in [-0.1, -0.05) is 30.7 Å². The van der Waals surface area contributed by atoms with Crippen LogP contribution in [-0.4, -0.2) is 4.98 Å². The summed E-state index contributed by atoms with van der Waals surface area (Å²) in [4.78, 5) is 14.5. The second kappa shape index (κ2) is 3.61. The topological polar surface area (TPSA) is 58.9 Å². The zero-order valence-corrected chi connectivity index (χ0v) is 10.8. The van der Waals surface area contributed by atoms with Crippen molar-refractivity contribution in [1.29, 1.82) is 0 Å². The molecule has 0 fully saturated rings. The van der Waals surface area contributed by atoms with Crippen molar-refractivity contribution in [1.82, 2.24) is 4.98 Å². The monoisotopic (exact) mass is 242 g/mol. The number of nitrogens with two attached hydrogens (primary N) is 1. The highest BCUT2D eigenvalue weighted by molar-refractivity contribution is 5.60. The maximum Gasteiger partial charge on any atom is 0.250 e. The van der Waals surface area contributed by atoms with Crippen LogP contribution in [0.4, 0.5) is 5.69 Å². The number of aromatic nitrogens is 1. The molecule has 1 aromatic rings. The Balaban J connectivity index is 2.34. The molecule has 0 aliphatic heterocycles. The molecule has 0 radical (unpaired) electrons. The van der Waals surface area contributed by atoms with Crippen molar-refractivity contribution < 1.29 is 0 Å². The second-order valence-electron chi connectivity index (χ2n) is 5.46. The molecule has 2 bridgehead atoms. The summed E-state index contributed by atoms with van der Waals surface area (Å²) < 4.78 is 0. The molecule has 2 aliphatic carbocycles. The third kappa shape index (κ3) is 1.33. The van der Waals surface area contributed by atoms with Crippen molar-refractivity contribution in [3.8, 4) is 0 Å². The molecule has 3 N–H and O–H groups in total. The van der Waals surface area contributed by atoms with Crippen LogP contribution in [0.3, 0.4) is 0 Å². The third-order valence-electron chi connectivity index (χ3n) is 4.37. The van der Waals surface area contributed by atoms with Crippen LogP contribution >= 0.6 is 0 Å². The lowest BCUT2D eigenvalue weighted by atomic mass is 9.60. The summed E-state index contributed by atoms with van der Waals surface area (Å²) in [6, 6.07) is 1.51. The highest BCUT2D eigenvalue weighted by Gasteiger charge is 2.42. The zero-order valence-electron chi connectivity index (χ0n) is 10.8. The lowest BCUT2D eigenvalue weighted by Crippen LogP contribution is -2.39. The van der Waals surface area contributed by atoms with E-state index in [2.05, 4.69) is 37.1 Å². The Morgan fingerprint density at radius 2 is 2.33 bits per heavy atom. The number of fused-ring (bicyclic) bond motifs is 4. The fraction of sp³-hybridized carbons (Fsp3) is 0.400. The molecular weight excluding hydrogens is 224 g/mol. The molecule has 2 atom stereocenters. The Morgan fingerprint density at radius 3 is 3.06 bits per heavy atom. The highest BCUT2D eigenvalue weighted by atomic mass is 16.1. The van der Waals surface area contributed by atoms with Gasteiger partial charge in [0.25, 0.3) is 0 Å². The van der Waals surface area contributed by atoms with Gasteiger partial charge in [-0.3, -0.25) is 4.79 Å². The van der Waals surface area contributed by atoms with Gasteiger partial charge in [0.05, 0.1) is 0 Å². The average molecular weight is 242 g/mol. The van der Waals surface area contributed by atoms with Crippen LogP contribution in [0.15, 0.2) is 34.7 Å². The number of H-pyrrole nitrogens is 1. The van der Waals surface area contributed by atoms with Crippen molar-refractivity contribution >= 4 is 5.69 Å². The predicted octanol–water partition coefficient (Wildman–Crippen LogP) is 2.29.